The molecule has 13 heteroatoms. The van der Waals surface area contributed by atoms with Crippen molar-refractivity contribution in [2.75, 3.05) is 18.8 Å². The molecule has 2 aliphatic rings. The van der Waals surface area contributed by atoms with Crippen molar-refractivity contribution in [3.05, 3.63) is 28.2 Å². The van der Waals surface area contributed by atoms with E-state index in [-0.39, 0.29) is 17.7 Å². The zero-order chi connectivity index (χ0) is 23.0. The van der Waals surface area contributed by atoms with Crippen molar-refractivity contribution in [2.45, 2.75) is 51.2 Å². The number of hydrogen-bond acceptors (Lipinski definition) is 6. The van der Waals surface area contributed by atoms with Crippen molar-refractivity contribution in [1.29, 1.82) is 0 Å². The minimum absolute atomic E-state index is 0.107. The lowest BCUT2D eigenvalue weighted by atomic mass is 9.97. The van der Waals surface area contributed by atoms with E-state index in [1.54, 1.807) is 20.8 Å². The number of nitrogens with zero attached hydrogens (tertiary/aromatic N) is 4. The number of hydrogen-bond donors (Lipinski definition) is 1. The number of halogens is 4. The molecule has 0 fully saturated rings. The number of carbonyl (C=O) groups is 1. The lowest BCUT2D eigenvalue weighted by molar-refractivity contribution is 0.0525. The van der Waals surface area contributed by atoms with Gasteiger partial charge >= 0.3 is 6.09 Å². The number of guanidine groups is 1. The zero-order valence-electron chi connectivity index (χ0n) is 17.2. The van der Waals surface area contributed by atoms with E-state index in [1.807, 2.05) is 0 Å². The number of nitrogens with one attached hydrogen (secondary N) is 1. The van der Waals surface area contributed by atoms with Crippen molar-refractivity contribution in [2.24, 2.45) is 9.36 Å². The Labute approximate surface area is 187 Å². The predicted octanol–water partition coefficient (Wildman–Crippen LogP) is 3.82. The molecule has 3 rings (SSSR count). The third-order valence-corrected chi connectivity index (χ3v) is 7.44. The molecule has 1 aromatic rings. The third-order valence-electron chi connectivity index (χ3n) is 4.55. The molecule has 0 bridgehead atoms. The van der Waals surface area contributed by atoms with Gasteiger partial charge in [-0.1, -0.05) is 0 Å². The SMILES string of the molecule is CC(C)(C)OC(=O)NC1=N[C@@](c2nc(Br)ccc2F)(C(F)F)CS2(=O)=NCCCCN12. The number of rotatable bonds is 2. The fourth-order valence-electron chi connectivity index (χ4n) is 3.26. The van der Waals surface area contributed by atoms with Crippen molar-refractivity contribution >= 4 is 37.9 Å². The summed E-state index contributed by atoms with van der Waals surface area (Å²) in [5, 5.41) is 2.32. The van der Waals surface area contributed by atoms with Crippen LogP contribution in [0.3, 0.4) is 0 Å². The number of carbonyl (C=O) groups excluding carboxylic acids is 1. The first-order valence-corrected chi connectivity index (χ1v) is 12.0. The van der Waals surface area contributed by atoms with Crippen molar-refractivity contribution in [3.63, 3.8) is 0 Å². The van der Waals surface area contributed by atoms with Crippen LogP contribution in [0.5, 0.6) is 0 Å². The molecule has 0 radical (unpaired) electrons. The van der Waals surface area contributed by atoms with Crippen LogP contribution in [0.25, 0.3) is 0 Å². The average Bonchev–Trinajstić information content (AvgIpc) is 2.83. The molecule has 172 valence electrons. The Hall–Kier alpha value is -1.89. The van der Waals surface area contributed by atoms with Crippen LogP contribution in [0.2, 0.25) is 0 Å². The Bertz CT molecular complexity index is 1020. The molecule has 0 saturated carbocycles. The fraction of sp³-hybridized carbons (Fsp3) is 0.611. The van der Waals surface area contributed by atoms with Gasteiger partial charge in [-0.05, 0) is 61.7 Å². The standard InChI is InChI=1S/C18H23BrF3N5O3S/c1-17(2,3)30-16(28)25-15-26-18(14(21)22,13-11(20)6-7-12(19)24-13)10-31(29)23-8-4-5-9-27(15)31/h6-7,14H,4-5,8-10H2,1-3H3,(H,25,26,28)/t18-,31?/m0/s1. The molecule has 3 heterocycles. The molecule has 2 aliphatic heterocycles. The highest BCUT2D eigenvalue weighted by molar-refractivity contribution is 9.10. The molecule has 0 spiro atoms. The average molecular weight is 526 g/mol. The number of pyridine rings is 1. The van der Waals surface area contributed by atoms with Crippen LogP contribution in [-0.4, -0.2) is 56.4 Å². The van der Waals surface area contributed by atoms with Gasteiger partial charge in [-0.2, -0.15) is 0 Å². The molecule has 0 aliphatic carbocycles. The highest BCUT2D eigenvalue weighted by Gasteiger charge is 2.53. The number of amides is 1. The van der Waals surface area contributed by atoms with Crippen LogP contribution in [-0.2, 0) is 20.2 Å². The highest BCUT2D eigenvalue weighted by atomic mass is 79.9. The molecule has 1 aromatic heterocycles. The first kappa shape index (κ1) is 23.8. The van der Waals surface area contributed by atoms with Gasteiger partial charge in [0.25, 0.3) is 6.43 Å². The van der Waals surface area contributed by atoms with Crippen LogP contribution in [0.1, 0.15) is 39.3 Å². The number of alkyl carbamates (subject to hydrolysis) is 1. The molecule has 8 nitrogen and oxygen atoms in total. The third kappa shape index (κ3) is 4.97. The molecule has 1 amide bonds. The maximum Gasteiger partial charge on any atom is 0.414 e. The first-order valence-electron chi connectivity index (χ1n) is 9.55. The number of aromatic nitrogens is 1. The van der Waals surface area contributed by atoms with E-state index in [2.05, 4.69) is 35.6 Å². The van der Waals surface area contributed by atoms with E-state index >= 15 is 0 Å². The smallest absolute Gasteiger partial charge is 0.414 e. The van der Waals surface area contributed by atoms with Gasteiger partial charge in [0.15, 0.2) is 5.54 Å². The quantitative estimate of drug-likeness (QED) is 0.593. The zero-order valence-corrected chi connectivity index (χ0v) is 19.6. The summed E-state index contributed by atoms with van der Waals surface area (Å²) in [6.45, 7) is 5.24. The summed E-state index contributed by atoms with van der Waals surface area (Å²) in [7, 11) is -3.48. The second-order valence-corrected chi connectivity index (χ2v) is 11.2. The predicted molar refractivity (Wildman–Crippen MR) is 113 cm³/mol. The van der Waals surface area contributed by atoms with Crippen molar-refractivity contribution in [3.8, 4) is 0 Å². The monoisotopic (exact) mass is 525 g/mol. The van der Waals surface area contributed by atoms with Crippen LogP contribution >= 0.6 is 15.9 Å². The Morgan fingerprint density at radius 3 is 2.71 bits per heavy atom. The molecule has 1 N–H and O–H groups in total. The Morgan fingerprint density at radius 2 is 2.06 bits per heavy atom. The maximum atomic E-state index is 14.7. The van der Waals surface area contributed by atoms with Crippen molar-refractivity contribution < 1.29 is 26.9 Å². The summed E-state index contributed by atoms with van der Waals surface area (Å²) in [5.74, 6) is -2.20. The molecular weight excluding hydrogens is 503 g/mol. The van der Waals surface area contributed by atoms with Gasteiger partial charge in [-0.15, -0.1) is 0 Å². The maximum absolute atomic E-state index is 14.7. The van der Waals surface area contributed by atoms with E-state index in [0.29, 0.717) is 12.8 Å². The van der Waals surface area contributed by atoms with Crippen LogP contribution < -0.4 is 5.32 Å². The van der Waals surface area contributed by atoms with Gasteiger partial charge in [0.1, 0.15) is 31.6 Å². The van der Waals surface area contributed by atoms with Gasteiger partial charge in [0.2, 0.25) is 5.96 Å². The topological polar surface area (TPSA) is 96.2 Å². The second kappa shape index (κ2) is 8.57. The molecule has 1 unspecified atom stereocenters. The van der Waals surface area contributed by atoms with E-state index in [4.69, 9.17) is 4.74 Å². The van der Waals surface area contributed by atoms with Gasteiger partial charge in [-0.25, -0.2) is 36.5 Å². The van der Waals surface area contributed by atoms with E-state index < -0.39 is 56.8 Å². The molecule has 0 aromatic carbocycles. The fourth-order valence-corrected chi connectivity index (χ4v) is 6.04. The summed E-state index contributed by atoms with van der Waals surface area (Å²) < 4.78 is 68.1. The number of alkyl halides is 2. The molecule has 2 atom stereocenters. The van der Waals surface area contributed by atoms with Crippen LogP contribution in [0.15, 0.2) is 26.1 Å². The largest absolute Gasteiger partial charge is 0.444 e. The molecule has 0 saturated heterocycles. The van der Waals surface area contributed by atoms with Crippen molar-refractivity contribution in [1.82, 2.24) is 14.6 Å². The summed E-state index contributed by atoms with van der Waals surface area (Å²) >= 11 is 3.05. The van der Waals surface area contributed by atoms with E-state index in [9.17, 15) is 22.2 Å². The normalized spacial score (nSPS) is 26.5. The summed E-state index contributed by atoms with van der Waals surface area (Å²) in [4.78, 5) is 20.3. The van der Waals surface area contributed by atoms with Gasteiger partial charge < -0.3 is 4.74 Å². The number of ether oxygens (including phenoxy) is 1. The van der Waals surface area contributed by atoms with Gasteiger partial charge in [-0.3, -0.25) is 9.62 Å². The summed E-state index contributed by atoms with van der Waals surface area (Å²) in [6, 6.07) is 2.23. The van der Waals surface area contributed by atoms with Crippen LogP contribution in [0, 0.1) is 5.82 Å². The van der Waals surface area contributed by atoms with Gasteiger partial charge in [0.05, 0.1) is 12.3 Å². The minimum Gasteiger partial charge on any atom is -0.444 e. The second-order valence-electron chi connectivity index (χ2n) is 8.16. The lowest BCUT2D eigenvalue weighted by Gasteiger charge is -2.40. The Kier molecular flexibility index (Phi) is 6.57. The summed E-state index contributed by atoms with van der Waals surface area (Å²) in [6.07, 6.45) is -3.11. The lowest BCUT2D eigenvalue weighted by Crippen LogP contribution is -2.58. The molecular formula is C18H23BrF3N5O3S. The number of aliphatic imine (C=N–C) groups is 1. The first-order chi connectivity index (χ1) is 14.4. The summed E-state index contributed by atoms with van der Waals surface area (Å²) in [5.41, 5.74) is -4.16. The Morgan fingerprint density at radius 1 is 1.35 bits per heavy atom. The van der Waals surface area contributed by atoms with Crippen LogP contribution in [0.4, 0.5) is 18.0 Å². The van der Waals surface area contributed by atoms with E-state index in [0.717, 1.165) is 6.07 Å². The highest BCUT2D eigenvalue weighted by Crippen LogP contribution is 2.40. The molecule has 31 heavy (non-hydrogen) atoms. The Balaban J connectivity index is 2.20. The number of fused-ring (bicyclic) bond motifs is 1. The minimum atomic E-state index is -3.48. The van der Waals surface area contributed by atoms with Gasteiger partial charge in [0, 0.05) is 6.54 Å². The van der Waals surface area contributed by atoms with E-state index in [1.165, 1.54) is 10.4 Å².